The zero-order chi connectivity index (χ0) is 23.8. The van der Waals surface area contributed by atoms with Gasteiger partial charge in [-0.2, -0.15) is 4.31 Å². The maximum absolute atomic E-state index is 13.1. The molecular formula is C22H23N3O7S. The van der Waals surface area contributed by atoms with Crippen LogP contribution < -0.4 is 14.8 Å². The Kier molecular flexibility index (Phi) is 6.09. The monoisotopic (exact) mass is 473 g/mol. The standard InChI is InChI=1S/C22H23N3O7S/c1-14(26)18-11-20-21(32-13-31-20)12-19(18)23-22(28)16-4-3-5-17(10-16)33(29,30)25-8-6-24(7-9-25)15(2)27/h3-5,10-12H,6-9,13H2,1-2H3,(H,23,28). The Morgan fingerprint density at radius 2 is 1.61 bits per heavy atom. The van der Waals surface area contributed by atoms with Crippen LogP contribution in [0.5, 0.6) is 11.5 Å². The first kappa shape index (κ1) is 22.7. The van der Waals surface area contributed by atoms with Crippen LogP contribution in [-0.4, -0.2) is 68.2 Å². The highest BCUT2D eigenvalue weighted by Gasteiger charge is 2.30. The van der Waals surface area contributed by atoms with Crippen molar-refractivity contribution in [3.8, 4) is 11.5 Å². The second kappa shape index (κ2) is 8.83. The zero-order valence-corrected chi connectivity index (χ0v) is 19.0. The van der Waals surface area contributed by atoms with E-state index in [0.717, 1.165) is 0 Å². The number of hydrogen-bond acceptors (Lipinski definition) is 7. The Morgan fingerprint density at radius 1 is 0.939 bits per heavy atom. The maximum atomic E-state index is 13.1. The van der Waals surface area contributed by atoms with Crippen LogP contribution in [-0.2, 0) is 14.8 Å². The Balaban J connectivity index is 1.55. The molecule has 0 atom stereocenters. The van der Waals surface area contributed by atoms with Crippen molar-refractivity contribution in [2.45, 2.75) is 18.7 Å². The van der Waals surface area contributed by atoms with Crippen LogP contribution in [0.3, 0.4) is 0 Å². The van der Waals surface area contributed by atoms with Gasteiger partial charge in [0.2, 0.25) is 22.7 Å². The highest BCUT2D eigenvalue weighted by atomic mass is 32.2. The number of nitrogens with one attached hydrogen (secondary N) is 1. The summed E-state index contributed by atoms with van der Waals surface area (Å²) < 4.78 is 38.1. The van der Waals surface area contributed by atoms with E-state index in [1.807, 2.05) is 0 Å². The first-order chi connectivity index (χ1) is 15.7. The molecule has 0 aliphatic carbocycles. The number of hydrogen-bond donors (Lipinski definition) is 1. The minimum Gasteiger partial charge on any atom is -0.454 e. The second-order valence-corrected chi connectivity index (χ2v) is 9.64. The summed E-state index contributed by atoms with van der Waals surface area (Å²) in [5.74, 6) is -0.133. The fourth-order valence-electron chi connectivity index (χ4n) is 3.72. The lowest BCUT2D eigenvalue weighted by molar-refractivity contribution is -0.129. The van der Waals surface area contributed by atoms with Crippen LogP contribution in [0.25, 0.3) is 0 Å². The van der Waals surface area contributed by atoms with E-state index >= 15 is 0 Å². The molecule has 0 unspecified atom stereocenters. The molecule has 2 aromatic carbocycles. The molecule has 0 radical (unpaired) electrons. The summed E-state index contributed by atoms with van der Waals surface area (Å²) in [6, 6.07) is 8.70. The Morgan fingerprint density at radius 3 is 2.24 bits per heavy atom. The van der Waals surface area contributed by atoms with Crippen molar-refractivity contribution in [1.82, 2.24) is 9.21 Å². The number of anilines is 1. The summed E-state index contributed by atoms with van der Waals surface area (Å²) >= 11 is 0. The summed E-state index contributed by atoms with van der Waals surface area (Å²) in [4.78, 5) is 38.0. The van der Waals surface area contributed by atoms with Crippen LogP contribution >= 0.6 is 0 Å². The van der Waals surface area contributed by atoms with Gasteiger partial charge < -0.3 is 19.7 Å². The molecule has 2 aliphatic heterocycles. The third kappa shape index (κ3) is 4.55. The van der Waals surface area contributed by atoms with E-state index in [2.05, 4.69) is 5.32 Å². The number of ketones is 1. The summed E-state index contributed by atoms with van der Waals surface area (Å²) in [5.41, 5.74) is 0.607. The average molecular weight is 474 g/mol. The van der Waals surface area contributed by atoms with Gasteiger partial charge in [-0.1, -0.05) is 6.07 Å². The molecule has 2 amide bonds. The Labute approximate surface area is 191 Å². The van der Waals surface area contributed by atoms with Crippen molar-refractivity contribution < 1.29 is 32.3 Å². The molecule has 1 N–H and O–H groups in total. The van der Waals surface area contributed by atoms with Gasteiger partial charge in [-0.05, 0) is 31.2 Å². The molecule has 174 valence electrons. The van der Waals surface area contributed by atoms with E-state index < -0.39 is 15.9 Å². The molecule has 33 heavy (non-hydrogen) atoms. The highest BCUT2D eigenvalue weighted by molar-refractivity contribution is 7.89. The molecule has 2 heterocycles. The highest BCUT2D eigenvalue weighted by Crippen LogP contribution is 2.37. The largest absolute Gasteiger partial charge is 0.454 e. The van der Waals surface area contributed by atoms with Crippen LogP contribution in [0.2, 0.25) is 0 Å². The van der Waals surface area contributed by atoms with E-state index in [9.17, 15) is 22.8 Å². The number of sulfonamides is 1. The summed E-state index contributed by atoms with van der Waals surface area (Å²) in [6.45, 7) is 3.81. The van der Waals surface area contributed by atoms with Crippen LogP contribution in [0.1, 0.15) is 34.6 Å². The first-order valence-corrected chi connectivity index (χ1v) is 11.7. The maximum Gasteiger partial charge on any atom is 0.255 e. The zero-order valence-electron chi connectivity index (χ0n) is 18.2. The molecule has 4 rings (SSSR count). The lowest BCUT2D eigenvalue weighted by atomic mass is 10.1. The Hall–Kier alpha value is -3.44. The van der Waals surface area contributed by atoms with Gasteiger partial charge in [0.1, 0.15) is 0 Å². The molecule has 0 spiro atoms. The normalized spacial score (nSPS) is 15.9. The molecule has 0 saturated carbocycles. The van der Waals surface area contributed by atoms with E-state index in [1.165, 1.54) is 54.6 Å². The number of ether oxygens (including phenoxy) is 2. The van der Waals surface area contributed by atoms with Gasteiger partial charge in [-0.25, -0.2) is 8.42 Å². The lowest BCUT2D eigenvalue weighted by Gasteiger charge is -2.33. The predicted molar refractivity (Wildman–Crippen MR) is 118 cm³/mol. The van der Waals surface area contributed by atoms with Gasteiger partial charge in [0, 0.05) is 50.3 Å². The fraction of sp³-hybridized carbons (Fsp3) is 0.318. The van der Waals surface area contributed by atoms with Crippen molar-refractivity contribution in [3.05, 3.63) is 47.5 Å². The molecule has 0 bridgehead atoms. The number of nitrogens with zero attached hydrogens (tertiary/aromatic N) is 2. The molecule has 1 fully saturated rings. The van der Waals surface area contributed by atoms with Crippen molar-refractivity contribution >= 4 is 33.3 Å². The lowest BCUT2D eigenvalue weighted by Crippen LogP contribution is -2.49. The molecule has 0 aromatic heterocycles. The fourth-order valence-corrected chi connectivity index (χ4v) is 5.19. The molecule has 11 heteroatoms. The van der Waals surface area contributed by atoms with Gasteiger partial charge >= 0.3 is 0 Å². The van der Waals surface area contributed by atoms with Crippen LogP contribution in [0.4, 0.5) is 5.69 Å². The number of rotatable bonds is 5. The molecule has 10 nitrogen and oxygen atoms in total. The van der Waals surface area contributed by atoms with Gasteiger partial charge in [-0.3, -0.25) is 14.4 Å². The van der Waals surface area contributed by atoms with E-state index in [4.69, 9.17) is 9.47 Å². The number of carbonyl (C=O) groups is 3. The number of Topliss-reactive ketones (excluding diaryl/α,β-unsaturated/α-hetero) is 1. The first-order valence-electron chi connectivity index (χ1n) is 10.3. The molecule has 2 aromatic rings. The molecule has 1 saturated heterocycles. The van der Waals surface area contributed by atoms with Gasteiger partial charge in [0.05, 0.1) is 10.6 Å². The number of amides is 2. The number of carbonyl (C=O) groups excluding carboxylic acids is 3. The number of fused-ring (bicyclic) bond motifs is 1. The Bertz CT molecular complexity index is 1230. The minimum absolute atomic E-state index is 0.0185. The molecule has 2 aliphatic rings. The van der Waals surface area contributed by atoms with E-state index in [0.29, 0.717) is 24.6 Å². The third-order valence-corrected chi connectivity index (χ3v) is 7.45. The quantitative estimate of drug-likeness (QED) is 0.656. The smallest absolute Gasteiger partial charge is 0.255 e. The summed E-state index contributed by atoms with van der Waals surface area (Å²) in [6.07, 6.45) is 0. The van der Waals surface area contributed by atoms with Gasteiger partial charge in [-0.15, -0.1) is 0 Å². The summed E-state index contributed by atoms with van der Waals surface area (Å²) in [7, 11) is -3.84. The van der Waals surface area contributed by atoms with Gasteiger partial charge in [0.25, 0.3) is 5.91 Å². The topological polar surface area (TPSA) is 122 Å². The SMILES string of the molecule is CC(=O)c1cc2c(cc1NC(=O)c1cccc(S(=O)(=O)N3CCN(C(C)=O)CC3)c1)OCO2. The summed E-state index contributed by atoms with van der Waals surface area (Å²) in [5, 5.41) is 2.67. The van der Waals surface area contributed by atoms with Crippen LogP contribution in [0.15, 0.2) is 41.3 Å². The second-order valence-electron chi connectivity index (χ2n) is 7.70. The van der Waals surface area contributed by atoms with Crippen molar-refractivity contribution in [2.24, 2.45) is 0 Å². The van der Waals surface area contributed by atoms with E-state index in [1.54, 1.807) is 4.90 Å². The molecular weight excluding hydrogens is 450 g/mol. The van der Waals surface area contributed by atoms with Crippen molar-refractivity contribution in [2.75, 3.05) is 38.3 Å². The predicted octanol–water partition coefficient (Wildman–Crippen LogP) is 1.72. The average Bonchev–Trinajstić information content (AvgIpc) is 3.26. The van der Waals surface area contributed by atoms with Gasteiger partial charge in [0.15, 0.2) is 17.3 Å². The third-order valence-electron chi connectivity index (χ3n) is 5.56. The number of benzene rings is 2. The van der Waals surface area contributed by atoms with Crippen molar-refractivity contribution in [3.63, 3.8) is 0 Å². The van der Waals surface area contributed by atoms with Crippen molar-refractivity contribution in [1.29, 1.82) is 0 Å². The number of piperazine rings is 1. The minimum atomic E-state index is -3.84. The van der Waals surface area contributed by atoms with E-state index in [-0.39, 0.29) is 53.3 Å². The van der Waals surface area contributed by atoms with Crippen LogP contribution in [0, 0.1) is 0 Å².